The maximum Gasteiger partial charge on any atom is 0.251 e. The highest BCUT2D eigenvalue weighted by Crippen LogP contribution is 2.31. The molecule has 0 aliphatic rings. The van der Waals surface area contributed by atoms with Crippen LogP contribution in [0.15, 0.2) is 48.9 Å². The topological polar surface area (TPSA) is 182 Å². The number of imidazole rings is 1. The molecule has 0 spiro atoms. The number of nitrogens with one attached hydrogen (secondary N) is 3. The molecule has 4 rings (SSSR count). The van der Waals surface area contributed by atoms with Gasteiger partial charge in [-0.2, -0.15) is 4.39 Å². The Kier molecular flexibility index (Phi) is 10.8. The van der Waals surface area contributed by atoms with Gasteiger partial charge in [0.05, 0.1) is 31.1 Å². The van der Waals surface area contributed by atoms with Crippen molar-refractivity contribution in [1.29, 1.82) is 0 Å². The zero-order chi connectivity index (χ0) is 31.8. The summed E-state index contributed by atoms with van der Waals surface area (Å²) in [7, 11) is 1.26. The minimum absolute atomic E-state index is 0.00942. The molecule has 0 radical (unpaired) electrons. The lowest BCUT2D eigenvalue weighted by molar-refractivity contribution is -0.122. The molecule has 12 nitrogen and oxygen atoms in total. The molecule has 0 saturated heterocycles. The Hall–Kier alpha value is -4.66. The van der Waals surface area contributed by atoms with E-state index in [1.165, 1.54) is 31.6 Å². The van der Waals surface area contributed by atoms with E-state index in [0.717, 1.165) is 5.56 Å². The van der Waals surface area contributed by atoms with Crippen LogP contribution in [0.4, 0.5) is 20.3 Å². The molecule has 0 aliphatic carbocycles. The van der Waals surface area contributed by atoms with Crippen molar-refractivity contribution in [1.82, 2.24) is 25.0 Å². The molecular weight excluding hydrogens is 574 g/mol. The summed E-state index contributed by atoms with van der Waals surface area (Å²) in [4.78, 5) is 33.7. The monoisotopic (exact) mass is 610 g/mol. The van der Waals surface area contributed by atoms with Gasteiger partial charge in [-0.3, -0.25) is 14.0 Å². The zero-order valence-corrected chi connectivity index (χ0v) is 24.4. The van der Waals surface area contributed by atoms with Gasteiger partial charge in [-0.15, -0.1) is 0 Å². The minimum atomic E-state index is -1.09. The molecule has 2 heterocycles. The Morgan fingerprint density at radius 1 is 1.11 bits per heavy atom. The number of amides is 2. The third-order valence-corrected chi connectivity index (χ3v) is 7.03. The maximum absolute atomic E-state index is 14.8. The fourth-order valence-electron chi connectivity index (χ4n) is 4.61. The third-order valence-electron chi connectivity index (χ3n) is 7.03. The molecule has 44 heavy (non-hydrogen) atoms. The smallest absolute Gasteiger partial charge is 0.251 e. The van der Waals surface area contributed by atoms with E-state index >= 15 is 0 Å². The molecule has 2 aromatic carbocycles. The van der Waals surface area contributed by atoms with Gasteiger partial charge in [-0.05, 0) is 61.7 Å². The van der Waals surface area contributed by atoms with Gasteiger partial charge in [0.1, 0.15) is 0 Å². The van der Waals surface area contributed by atoms with Crippen LogP contribution in [0.5, 0.6) is 5.75 Å². The lowest BCUT2D eigenvalue weighted by Gasteiger charge is -2.16. The molecular formula is C30H36F2N8O4. The fourth-order valence-corrected chi connectivity index (χ4v) is 4.61. The number of benzene rings is 2. The predicted molar refractivity (Wildman–Crippen MR) is 162 cm³/mol. The number of nitrogens with two attached hydrogens (primary N) is 2. The van der Waals surface area contributed by atoms with E-state index in [1.807, 2.05) is 6.92 Å². The van der Waals surface area contributed by atoms with E-state index in [9.17, 15) is 23.5 Å². The molecule has 2 aromatic heterocycles. The van der Waals surface area contributed by atoms with Crippen molar-refractivity contribution >= 4 is 29.0 Å². The van der Waals surface area contributed by atoms with Gasteiger partial charge in [0, 0.05) is 42.3 Å². The number of aromatic nitrogens is 3. The normalized spacial score (nSPS) is 12.5. The van der Waals surface area contributed by atoms with Crippen LogP contribution in [0.1, 0.15) is 35.7 Å². The number of hydrogen-bond acceptors (Lipinski definition) is 9. The van der Waals surface area contributed by atoms with Gasteiger partial charge in [-0.25, -0.2) is 14.4 Å². The van der Waals surface area contributed by atoms with E-state index in [2.05, 4.69) is 25.9 Å². The maximum atomic E-state index is 14.8. The molecule has 0 bridgehead atoms. The molecule has 2 amide bonds. The summed E-state index contributed by atoms with van der Waals surface area (Å²) in [5.41, 5.74) is 13.7. The second-order valence-electron chi connectivity index (χ2n) is 10.1. The number of aryl methyl sites for hydroxylation is 1. The second kappa shape index (κ2) is 14.7. The summed E-state index contributed by atoms with van der Waals surface area (Å²) in [5.74, 6) is -2.76. The molecule has 1 unspecified atom stereocenters. The predicted octanol–water partition coefficient (Wildman–Crippen LogP) is 2.26. The summed E-state index contributed by atoms with van der Waals surface area (Å²) < 4.78 is 35.6. The van der Waals surface area contributed by atoms with Crippen LogP contribution < -0.4 is 32.2 Å². The molecule has 8 N–H and O–H groups in total. The third kappa shape index (κ3) is 7.27. The number of halogens is 2. The Morgan fingerprint density at radius 3 is 2.61 bits per heavy atom. The number of carbonyl (C=O) groups is 2. The Bertz CT molecular complexity index is 1630. The SMILES string of the molecule is CCc1cc(Nc2nccn3c(-c4ccc(OC)c(F)c4F)cnc23)ccc1C(=O)NCC(O)CNC(=O)[C@H](N)CCCN. The number of rotatable bonds is 14. The van der Waals surface area contributed by atoms with Crippen LogP contribution in [0.25, 0.3) is 16.9 Å². The number of nitrogens with zero attached hydrogens (tertiary/aromatic N) is 3. The Morgan fingerprint density at radius 2 is 1.89 bits per heavy atom. The highest BCUT2D eigenvalue weighted by Gasteiger charge is 2.20. The van der Waals surface area contributed by atoms with Crippen molar-refractivity contribution in [2.75, 3.05) is 32.1 Å². The van der Waals surface area contributed by atoms with Gasteiger partial charge in [-0.1, -0.05) is 6.92 Å². The number of aliphatic hydroxyl groups is 1. The van der Waals surface area contributed by atoms with Crippen LogP contribution >= 0.6 is 0 Å². The van der Waals surface area contributed by atoms with Gasteiger partial charge in [0.15, 0.2) is 23.0 Å². The number of carbonyl (C=O) groups excluding carboxylic acids is 2. The number of ether oxygens (including phenoxy) is 1. The average molecular weight is 611 g/mol. The number of methoxy groups -OCH3 is 1. The van der Waals surface area contributed by atoms with Crippen molar-refractivity contribution in [3.05, 3.63) is 71.7 Å². The van der Waals surface area contributed by atoms with Crippen molar-refractivity contribution in [3.63, 3.8) is 0 Å². The number of hydrogen-bond donors (Lipinski definition) is 6. The Labute approximate surface area is 252 Å². The van der Waals surface area contributed by atoms with Crippen LogP contribution in [0.2, 0.25) is 0 Å². The standard InChI is InChI=1S/C30H36F2N8O4/c1-3-17-13-18(6-7-20(17)29(42)37-14-19(41)15-38-30(43)22(34)5-4-10-33)39-27-28-36-16-23(40(28)12-11-35-27)21-8-9-24(44-2)26(32)25(21)31/h6-9,11-13,16,19,22,41H,3-5,10,14-15,33-34H2,1-2H3,(H,35,39)(H,37,42)(H,38,43)/t19?,22-/m1/s1. The summed E-state index contributed by atoms with van der Waals surface area (Å²) in [6.07, 6.45) is 5.10. The van der Waals surface area contributed by atoms with Gasteiger partial charge >= 0.3 is 0 Å². The number of anilines is 2. The summed E-state index contributed by atoms with van der Waals surface area (Å²) in [6, 6.07) is 7.19. The first-order valence-corrected chi connectivity index (χ1v) is 14.1. The quantitative estimate of drug-likeness (QED) is 0.125. The fraction of sp³-hybridized carbons (Fsp3) is 0.333. The molecule has 0 fully saturated rings. The highest BCUT2D eigenvalue weighted by atomic mass is 19.2. The van der Waals surface area contributed by atoms with Crippen molar-refractivity contribution < 1.29 is 28.2 Å². The van der Waals surface area contributed by atoms with Crippen LogP contribution in [-0.2, 0) is 11.2 Å². The molecule has 4 aromatic rings. The van der Waals surface area contributed by atoms with Crippen LogP contribution in [0, 0.1) is 11.6 Å². The minimum Gasteiger partial charge on any atom is -0.494 e. The highest BCUT2D eigenvalue weighted by molar-refractivity contribution is 5.96. The van der Waals surface area contributed by atoms with Crippen molar-refractivity contribution in [3.8, 4) is 17.0 Å². The second-order valence-corrected chi connectivity index (χ2v) is 10.1. The molecule has 0 saturated carbocycles. The van der Waals surface area contributed by atoms with E-state index in [4.69, 9.17) is 16.2 Å². The van der Waals surface area contributed by atoms with Gasteiger partial charge in [0.25, 0.3) is 5.91 Å². The number of aliphatic hydroxyl groups excluding tert-OH is 1. The largest absolute Gasteiger partial charge is 0.494 e. The summed E-state index contributed by atoms with van der Waals surface area (Å²) in [5, 5.41) is 18.7. The van der Waals surface area contributed by atoms with Crippen LogP contribution in [-0.4, -0.2) is 70.2 Å². The first-order valence-electron chi connectivity index (χ1n) is 14.1. The first kappa shape index (κ1) is 32.3. The Balaban J connectivity index is 1.43. The van der Waals surface area contributed by atoms with Crippen molar-refractivity contribution in [2.45, 2.75) is 38.3 Å². The van der Waals surface area contributed by atoms with Crippen molar-refractivity contribution in [2.24, 2.45) is 11.5 Å². The summed E-state index contributed by atoms with van der Waals surface area (Å²) >= 11 is 0. The lowest BCUT2D eigenvalue weighted by Crippen LogP contribution is -2.46. The molecule has 234 valence electrons. The average Bonchev–Trinajstić information content (AvgIpc) is 3.47. The summed E-state index contributed by atoms with van der Waals surface area (Å²) in [6.45, 7) is 2.19. The van der Waals surface area contributed by atoms with E-state index in [0.29, 0.717) is 54.2 Å². The first-order chi connectivity index (χ1) is 21.2. The lowest BCUT2D eigenvalue weighted by atomic mass is 10.0. The van der Waals surface area contributed by atoms with E-state index in [1.54, 1.807) is 28.8 Å². The number of fused-ring (bicyclic) bond motifs is 1. The molecule has 2 atom stereocenters. The zero-order valence-electron chi connectivity index (χ0n) is 24.4. The molecule has 14 heteroatoms. The van der Waals surface area contributed by atoms with E-state index in [-0.39, 0.29) is 30.3 Å². The van der Waals surface area contributed by atoms with Gasteiger partial charge in [0.2, 0.25) is 11.7 Å². The van der Waals surface area contributed by atoms with E-state index < -0.39 is 29.7 Å². The van der Waals surface area contributed by atoms with Gasteiger partial charge < -0.3 is 37.3 Å². The van der Waals surface area contributed by atoms with Crippen LogP contribution in [0.3, 0.4) is 0 Å². The molecule has 0 aliphatic heterocycles.